The van der Waals surface area contributed by atoms with Crippen molar-refractivity contribution in [3.63, 3.8) is 0 Å². The molecule has 0 saturated carbocycles. The third-order valence-corrected chi connectivity index (χ3v) is 4.27. The number of carbonyl (C=O) groups is 1. The lowest BCUT2D eigenvalue weighted by Crippen LogP contribution is -2.40. The van der Waals surface area contributed by atoms with E-state index in [0.717, 1.165) is 38.1 Å². The van der Waals surface area contributed by atoms with Gasteiger partial charge in [-0.25, -0.2) is 0 Å². The Morgan fingerprint density at radius 2 is 2.29 bits per heavy atom. The fraction of sp³-hybridized carbons (Fsp3) is 0.611. The van der Waals surface area contributed by atoms with Gasteiger partial charge < -0.3 is 9.64 Å². The van der Waals surface area contributed by atoms with Gasteiger partial charge in [0.15, 0.2) is 0 Å². The van der Waals surface area contributed by atoms with E-state index in [9.17, 15) is 4.79 Å². The second-order valence-corrected chi connectivity index (χ2v) is 6.15. The molecule has 1 aromatic carbocycles. The highest BCUT2D eigenvalue weighted by molar-refractivity contribution is 5.78. The highest BCUT2D eigenvalue weighted by Gasteiger charge is 2.23. The number of benzene rings is 1. The zero-order valence-corrected chi connectivity index (χ0v) is 13.3. The third-order valence-electron chi connectivity index (χ3n) is 4.27. The number of aryl methyl sites for hydroxylation is 1. The maximum absolute atomic E-state index is 12.5. The van der Waals surface area contributed by atoms with E-state index in [-0.39, 0.29) is 5.91 Å². The highest BCUT2D eigenvalue weighted by atomic mass is 16.5. The van der Waals surface area contributed by atoms with Gasteiger partial charge in [-0.1, -0.05) is 29.8 Å². The minimum atomic E-state index is 0.275. The first-order valence-corrected chi connectivity index (χ1v) is 8.01. The number of rotatable bonds is 6. The van der Waals surface area contributed by atoms with E-state index < -0.39 is 0 Å². The molecule has 1 aliphatic rings. The number of amides is 1. The predicted octanol–water partition coefficient (Wildman–Crippen LogP) is 3.20. The Hall–Kier alpha value is -1.35. The summed E-state index contributed by atoms with van der Waals surface area (Å²) in [5, 5.41) is 0. The van der Waals surface area contributed by atoms with Crippen LogP contribution >= 0.6 is 0 Å². The molecule has 0 unspecified atom stereocenters. The van der Waals surface area contributed by atoms with E-state index >= 15 is 0 Å². The standard InChI is InChI=1S/C18H27NO2/c1-15-6-3-7-17(12-15)13-18(20)19-10-4-8-16(14-19)9-5-11-21-2/h3,6-7,12,16H,4-5,8-11,13-14H2,1-2H3/t16-/m1/s1. The first kappa shape index (κ1) is 16.0. The summed E-state index contributed by atoms with van der Waals surface area (Å²) in [6.45, 7) is 4.74. The maximum Gasteiger partial charge on any atom is 0.226 e. The van der Waals surface area contributed by atoms with Crippen LogP contribution < -0.4 is 0 Å². The van der Waals surface area contributed by atoms with Crippen molar-refractivity contribution in [2.75, 3.05) is 26.8 Å². The Morgan fingerprint density at radius 1 is 1.43 bits per heavy atom. The lowest BCUT2D eigenvalue weighted by atomic mass is 9.93. The maximum atomic E-state index is 12.5. The van der Waals surface area contributed by atoms with Gasteiger partial charge in [-0.15, -0.1) is 0 Å². The summed E-state index contributed by atoms with van der Waals surface area (Å²) < 4.78 is 5.12. The molecular weight excluding hydrogens is 262 g/mol. The van der Waals surface area contributed by atoms with E-state index in [2.05, 4.69) is 24.0 Å². The summed E-state index contributed by atoms with van der Waals surface area (Å²) in [5.74, 6) is 0.924. The third kappa shape index (κ3) is 5.16. The van der Waals surface area contributed by atoms with Gasteiger partial charge in [0.05, 0.1) is 6.42 Å². The topological polar surface area (TPSA) is 29.5 Å². The van der Waals surface area contributed by atoms with E-state index in [1.165, 1.54) is 18.4 Å². The molecule has 3 nitrogen and oxygen atoms in total. The number of carbonyl (C=O) groups excluding carboxylic acids is 1. The van der Waals surface area contributed by atoms with E-state index in [1.807, 2.05) is 12.1 Å². The molecular formula is C18H27NO2. The van der Waals surface area contributed by atoms with Crippen molar-refractivity contribution >= 4 is 5.91 Å². The van der Waals surface area contributed by atoms with Gasteiger partial charge in [0.25, 0.3) is 0 Å². The Morgan fingerprint density at radius 3 is 3.05 bits per heavy atom. The molecule has 1 heterocycles. The molecule has 116 valence electrons. The van der Waals surface area contributed by atoms with Crippen LogP contribution in [0.3, 0.4) is 0 Å². The van der Waals surface area contributed by atoms with Crippen molar-refractivity contribution in [2.45, 2.75) is 39.0 Å². The van der Waals surface area contributed by atoms with Crippen LogP contribution in [-0.4, -0.2) is 37.6 Å². The largest absolute Gasteiger partial charge is 0.385 e. The Balaban J connectivity index is 1.84. The van der Waals surface area contributed by atoms with Gasteiger partial charge in [-0.05, 0) is 44.1 Å². The van der Waals surface area contributed by atoms with Gasteiger partial charge in [-0.3, -0.25) is 4.79 Å². The lowest BCUT2D eigenvalue weighted by molar-refractivity contribution is -0.132. The van der Waals surface area contributed by atoms with Crippen LogP contribution in [0.2, 0.25) is 0 Å². The minimum Gasteiger partial charge on any atom is -0.385 e. The van der Waals surface area contributed by atoms with Crippen LogP contribution in [0, 0.1) is 12.8 Å². The molecule has 3 heteroatoms. The number of ether oxygens (including phenoxy) is 1. The van der Waals surface area contributed by atoms with Crippen molar-refractivity contribution in [1.29, 1.82) is 0 Å². The number of likely N-dealkylation sites (tertiary alicyclic amines) is 1. The molecule has 1 fully saturated rings. The highest BCUT2D eigenvalue weighted by Crippen LogP contribution is 2.21. The molecule has 0 aliphatic carbocycles. The molecule has 0 spiro atoms. The normalized spacial score (nSPS) is 18.8. The van der Waals surface area contributed by atoms with Crippen molar-refractivity contribution in [3.05, 3.63) is 35.4 Å². The number of nitrogens with zero attached hydrogens (tertiary/aromatic N) is 1. The SMILES string of the molecule is COCCC[C@H]1CCCN(C(=O)Cc2cccc(C)c2)C1. The quantitative estimate of drug-likeness (QED) is 0.753. The smallest absolute Gasteiger partial charge is 0.226 e. The summed E-state index contributed by atoms with van der Waals surface area (Å²) in [6, 6.07) is 8.26. The molecule has 1 amide bonds. The van der Waals surface area contributed by atoms with Crippen LogP contribution in [0.25, 0.3) is 0 Å². The minimum absolute atomic E-state index is 0.275. The van der Waals surface area contributed by atoms with Gasteiger partial charge in [0, 0.05) is 26.8 Å². The van der Waals surface area contributed by atoms with Crippen LogP contribution in [0.15, 0.2) is 24.3 Å². The van der Waals surface area contributed by atoms with Gasteiger partial charge in [0.1, 0.15) is 0 Å². The number of hydrogen-bond acceptors (Lipinski definition) is 2. The molecule has 0 bridgehead atoms. The Bertz CT molecular complexity index is 458. The van der Waals surface area contributed by atoms with Crippen molar-refractivity contribution in [2.24, 2.45) is 5.92 Å². The van der Waals surface area contributed by atoms with Crippen LogP contribution in [-0.2, 0) is 16.0 Å². The van der Waals surface area contributed by atoms with Gasteiger partial charge in [-0.2, -0.15) is 0 Å². The van der Waals surface area contributed by atoms with Crippen molar-refractivity contribution in [3.8, 4) is 0 Å². The monoisotopic (exact) mass is 289 g/mol. The van der Waals surface area contributed by atoms with Crippen LogP contribution in [0.5, 0.6) is 0 Å². The summed E-state index contributed by atoms with van der Waals surface area (Å²) in [7, 11) is 1.75. The first-order valence-electron chi connectivity index (χ1n) is 8.01. The number of hydrogen-bond donors (Lipinski definition) is 0. The average molecular weight is 289 g/mol. The lowest BCUT2D eigenvalue weighted by Gasteiger charge is -2.33. The Labute approximate surface area is 128 Å². The molecule has 21 heavy (non-hydrogen) atoms. The van der Waals surface area contributed by atoms with Gasteiger partial charge in [0.2, 0.25) is 5.91 Å². The molecule has 0 N–H and O–H groups in total. The zero-order chi connectivity index (χ0) is 15.1. The molecule has 0 aromatic heterocycles. The number of piperidine rings is 1. The van der Waals surface area contributed by atoms with Gasteiger partial charge >= 0.3 is 0 Å². The van der Waals surface area contributed by atoms with Crippen LogP contribution in [0.4, 0.5) is 0 Å². The van der Waals surface area contributed by atoms with Crippen molar-refractivity contribution < 1.29 is 9.53 Å². The van der Waals surface area contributed by atoms with Crippen molar-refractivity contribution in [1.82, 2.24) is 4.90 Å². The summed E-state index contributed by atoms with van der Waals surface area (Å²) >= 11 is 0. The molecule has 0 radical (unpaired) electrons. The molecule has 1 saturated heterocycles. The Kier molecular flexibility index (Phi) is 6.24. The number of methoxy groups -OCH3 is 1. The zero-order valence-electron chi connectivity index (χ0n) is 13.3. The fourth-order valence-corrected chi connectivity index (χ4v) is 3.15. The first-order chi connectivity index (χ1) is 10.2. The summed E-state index contributed by atoms with van der Waals surface area (Å²) in [4.78, 5) is 14.5. The molecule has 1 aromatic rings. The van der Waals surface area contributed by atoms with E-state index in [4.69, 9.17) is 4.74 Å². The van der Waals surface area contributed by atoms with E-state index in [1.54, 1.807) is 7.11 Å². The predicted molar refractivity (Wildman–Crippen MR) is 85.3 cm³/mol. The second-order valence-electron chi connectivity index (χ2n) is 6.15. The average Bonchev–Trinajstić information content (AvgIpc) is 2.48. The van der Waals surface area contributed by atoms with E-state index in [0.29, 0.717) is 12.3 Å². The fourth-order valence-electron chi connectivity index (χ4n) is 3.15. The second kappa shape index (κ2) is 8.18. The van der Waals surface area contributed by atoms with Crippen LogP contribution in [0.1, 0.15) is 36.8 Å². The molecule has 2 rings (SSSR count). The molecule has 1 atom stereocenters. The summed E-state index contributed by atoms with van der Waals surface area (Å²) in [6.07, 6.45) is 5.19. The molecule has 1 aliphatic heterocycles. The summed E-state index contributed by atoms with van der Waals surface area (Å²) in [5.41, 5.74) is 2.35.